The van der Waals surface area contributed by atoms with Crippen LogP contribution in [0.2, 0.25) is 0 Å². The fraction of sp³-hybridized carbons (Fsp3) is 0.154. The molecule has 1 atom stereocenters. The monoisotopic (exact) mass is 229 g/mol. The first-order valence-electron chi connectivity index (χ1n) is 5.43. The smallest absolute Gasteiger partial charge is 0.125 e. The van der Waals surface area contributed by atoms with E-state index in [4.69, 9.17) is 5.73 Å². The molecule has 0 aliphatic heterocycles. The molecule has 0 amide bonds. The van der Waals surface area contributed by atoms with Gasteiger partial charge in [0, 0.05) is 18.0 Å². The molecule has 1 unspecified atom stereocenters. The third-order valence-electron chi connectivity index (χ3n) is 2.51. The lowest BCUT2D eigenvalue weighted by atomic mass is 10.1. The number of aliphatic hydroxyl groups excluding tert-OH is 1. The average molecular weight is 229 g/mol. The van der Waals surface area contributed by atoms with E-state index in [1.54, 1.807) is 12.3 Å². The quantitative estimate of drug-likeness (QED) is 0.747. The minimum absolute atomic E-state index is 0.0201. The van der Waals surface area contributed by atoms with Crippen LogP contribution in [0, 0.1) is 0 Å². The normalized spacial score (nSPS) is 12.1. The van der Waals surface area contributed by atoms with Crippen molar-refractivity contribution in [2.24, 2.45) is 0 Å². The van der Waals surface area contributed by atoms with Crippen molar-refractivity contribution in [1.29, 1.82) is 0 Å². The summed E-state index contributed by atoms with van der Waals surface area (Å²) in [5.74, 6) is 0.458. The highest BCUT2D eigenvalue weighted by Crippen LogP contribution is 2.19. The van der Waals surface area contributed by atoms with Gasteiger partial charge in [-0.05, 0) is 11.6 Å². The summed E-state index contributed by atoms with van der Waals surface area (Å²) in [6.45, 7) is 0.0201. The Kier molecular flexibility index (Phi) is 3.57. The molecule has 1 aromatic carbocycles. The van der Waals surface area contributed by atoms with Gasteiger partial charge in [0.2, 0.25) is 0 Å². The van der Waals surface area contributed by atoms with Crippen LogP contribution in [0.1, 0.15) is 11.6 Å². The summed E-state index contributed by atoms with van der Waals surface area (Å²) in [6, 6.07) is 13.2. The van der Waals surface area contributed by atoms with Crippen LogP contribution < -0.4 is 11.1 Å². The standard InChI is InChI=1S/C13H15N3O/c14-13-8-11(6-7-15-13)16-12(9-17)10-4-2-1-3-5-10/h1-8,12,17H,9H2,(H3,14,15,16). The number of nitrogen functional groups attached to an aromatic ring is 1. The molecule has 0 fully saturated rings. The number of anilines is 2. The van der Waals surface area contributed by atoms with E-state index < -0.39 is 0 Å². The van der Waals surface area contributed by atoms with E-state index in [2.05, 4.69) is 10.3 Å². The van der Waals surface area contributed by atoms with Gasteiger partial charge in [-0.25, -0.2) is 4.98 Å². The SMILES string of the molecule is Nc1cc(NC(CO)c2ccccc2)ccn1. The third-order valence-corrected chi connectivity index (χ3v) is 2.51. The maximum atomic E-state index is 9.40. The molecule has 0 aliphatic rings. The van der Waals surface area contributed by atoms with Gasteiger partial charge >= 0.3 is 0 Å². The van der Waals surface area contributed by atoms with Crippen molar-refractivity contribution in [3.05, 3.63) is 54.2 Å². The lowest BCUT2D eigenvalue weighted by Crippen LogP contribution is -2.14. The second-order valence-electron chi connectivity index (χ2n) is 3.76. The Bertz CT molecular complexity index is 473. The number of nitrogens with two attached hydrogens (primary N) is 1. The van der Waals surface area contributed by atoms with Crippen LogP contribution in [0.4, 0.5) is 11.5 Å². The second kappa shape index (κ2) is 5.32. The van der Waals surface area contributed by atoms with E-state index in [1.807, 2.05) is 36.4 Å². The zero-order valence-electron chi connectivity index (χ0n) is 9.38. The second-order valence-corrected chi connectivity index (χ2v) is 3.76. The van der Waals surface area contributed by atoms with Crippen LogP contribution in [0.5, 0.6) is 0 Å². The number of pyridine rings is 1. The fourth-order valence-corrected chi connectivity index (χ4v) is 1.66. The summed E-state index contributed by atoms with van der Waals surface area (Å²) in [4.78, 5) is 3.92. The summed E-state index contributed by atoms with van der Waals surface area (Å²) in [7, 11) is 0. The third kappa shape index (κ3) is 2.95. The first-order chi connectivity index (χ1) is 8.29. The highest BCUT2D eigenvalue weighted by atomic mass is 16.3. The maximum absolute atomic E-state index is 9.40. The number of nitrogens with one attached hydrogen (secondary N) is 1. The molecule has 0 saturated carbocycles. The van der Waals surface area contributed by atoms with Crippen molar-refractivity contribution >= 4 is 11.5 Å². The Morgan fingerprint density at radius 1 is 1.24 bits per heavy atom. The summed E-state index contributed by atoms with van der Waals surface area (Å²) in [6.07, 6.45) is 1.64. The topological polar surface area (TPSA) is 71.2 Å². The molecule has 0 saturated heterocycles. The lowest BCUT2D eigenvalue weighted by Gasteiger charge is -2.18. The van der Waals surface area contributed by atoms with Crippen molar-refractivity contribution in [2.45, 2.75) is 6.04 Å². The van der Waals surface area contributed by atoms with Gasteiger partial charge in [-0.2, -0.15) is 0 Å². The van der Waals surface area contributed by atoms with E-state index in [1.165, 1.54) is 0 Å². The number of hydrogen-bond donors (Lipinski definition) is 3. The van der Waals surface area contributed by atoms with Gasteiger partial charge in [0.15, 0.2) is 0 Å². The number of benzene rings is 1. The Hall–Kier alpha value is -2.07. The first kappa shape index (κ1) is 11.4. The molecule has 17 heavy (non-hydrogen) atoms. The highest BCUT2D eigenvalue weighted by Gasteiger charge is 2.09. The lowest BCUT2D eigenvalue weighted by molar-refractivity contribution is 0.276. The molecule has 4 nitrogen and oxygen atoms in total. The van der Waals surface area contributed by atoms with E-state index in [0.717, 1.165) is 11.3 Å². The van der Waals surface area contributed by atoms with Crippen LogP contribution in [0.15, 0.2) is 48.7 Å². The van der Waals surface area contributed by atoms with Crippen LogP contribution >= 0.6 is 0 Å². The molecule has 88 valence electrons. The van der Waals surface area contributed by atoms with Crippen LogP contribution in [-0.2, 0) is 0 Å². The molecule has 2 rings (SSSR count). The van der Waals surface area contributed by atoms with E-state index in [0.29, 0.717) is 5.82 Å². The van der Waals surface area contributed by atoms with Gasteiger partial charge in [0.05, 0.1) is 12.6 Å². The van der Waals surface area contributed by atoms with E-state index >= 15 is 0 Å². The number of hydrogen-bond acceptors (Lipinski definition) is 4. The van der Waals surface area contributed by atoms with Gasteiger partial charge in [-0.15, -0.1) is 0 Å². The predicted molar refractivity (Wildman–Crippen MR) is 68.5 cm³/mol. The Morgan fingerprint density at radius 2 is 2.00 bits per heavy atom. The van der Waals surface area contributed by atoms with Crippen molar-refractivity contribution in [1.82, 2.24) is 4.98 Å². The Balaban J connectivity index is 2.16. The summed E-state index contributed by atoms with van der Waals surface area (Å²) >= 11 is 0. The Labute approximate surface area is 100 Å². The molecule has 1 aromatic heterocycles. The molecule has 0 bridgehead atoms. The van der Waals surface area contributed by atoms with Gasteiger partial charge in [-0.3, -0.25) is 0 Å². The van der Waals surface area contributed by atoms with E-state index in [-0.39, 0.29) is 12.6 Å². The van der Waals surface area contributed by atoms with Crippen molar-refractivity contribution in [3.8, 4) is 0 Å². The molecule has 0 radical (unpaired) electrons. The molecule has 4 N–H and O–H groups in total. The number of rotatable bonds is 4. The van der Waals surface area contributed by atoms with Gasteiger partial charge in [0.1, 0.15) is 5.82 Å². The summed E-state index contributed by atoms with van der Waals surface area (Å²) in [5, 5.41) is 12.6. The van der Waals surface area contributed by atoms with Crippen molar-refractivity contribution in [2.75, 3.05) is 17.7 Å². The first-order valence-corrected chi connectivity index (χ1v) is 5.43. The zero-order chi connectivity index (χ0) is 12.1. The number of nitrogens with zero attached hydrogens (tertiary/aromatic N) is 1. The molecule has 2 aromatic rings. The van der Waals surface area contributed by atoms with Crippen molar-refractivity contribution in [3.63, 3.8) is 0 Å². The predicted octanol–water partition coefficient (Wildman–Crippen LogP) is 1.81. The zero-order valence-corrected chi connectivity index (χ0v) is 9.38. The van der Waals surface area contributed by atoms with Crippen LogP contribution in [0.3, 0.4) is 0 Å². The van der Waals surface area contributed by atoms with E-state index in [9.17, 15) is 5.11 Å². The minimum Gasteiger partial charge on any atom is -0.394 e. The van der Waals surface area contributed by atoms with Gasteiger partial charge < -0.3 is 16.2 Å². The largest absolute Gasteiger partial charge is 0.394 e. The molecule has 0 aliphatic carbocycles. The van der Waals surface area contributed by atoms with Crippen LogP contribution in [-0.4, -0.2) is 16.7 Å². The van der Waals surface area contributed by atoms with Crippen molar-refractivity contribution < 1.29 is 5.11 Å². The molecular formula is C13H15N3O. The molecule has 1 heterocycles. The fourth-order valence-electron chi connectivity index (χ4n) is 1.66. The van der Waals surface area contributed by atoms with Gasteiger partial charge in [-0.1, -0.05) is 30.3 Å². The van der Waals surface area contributed by atoms with Gasteiger partial charge in [0.25, 0.3) is 0 Å². The number of aliphatic hydroxyl groups is 1. The maximum Gasteiger partial charge on any atom is 0.125 e. The average Bonchev–Trinajstić information content (AvgIpc) is 2.37. The molecular weight excluding hydrogens is 214 g/mol. The highest BCUT2D eigenvalue weighted by molar-refractivity contribution is 5.51. The molecule has 0 spiro atoms. The summed E-state index contributed by atoms with van der Waals surface area (Å²) < 4.78 is 0. The summed E-state index contributed by atoms with van der Waals surface area (Å²) in [5.41, 5.74) is 7.48. The minimum atomic E-state index is -0.141. The number of aromatic nitrogens is 1. The molecule has 4 heteroatoms. The van der Waals surface area contributed by atoms with Crippen LogP contribution in [0.25, 0.3) is 0 Å². The Morgan fingerprint density at radius 3 is 2.65 bits per heavy atom.